The number of benzene rings is 1. The van der Waals surface area contributed by atoms with Gasteiger partial charge in [0.15, 0.2) is 11.6 Å². The Bertz CT molecular complexity index is 346. The van der Waals surface area contributed by atoms with E-state index in [1.54, 1.807) is 0 Å². The minimum absolute atomic E-state index is 0.125. The molecule has 0 saturated carbocycles. The third-order valence-electron chi connectivity index (χ3n) is 1.99. The highest BCUT2D eigenvalue weighted by molar-refractivity contribution is 5.72. The van der Waals surface area contributed by atoms with Crippen LogP contribution in [0.25, 0.3) is 0 Å². The number of carbonyl (C=O) groups excluding carboxylic acids is 1. The smallest absolute Gasteiger partial charge is 0.211 e. The number of amides is 1. The van der Waals surface area contributed by atoms with E-state index in [2.05, 4.69) is 0 Å². The Morgan fingerprint density at radius 2 is 2.00 bits per heavy atom. The molecule has 1 amide bonds. The molecule has 1 aromatic carbocycles. The number of hydrogen-bond acceptors (Lipinski definition) is 2. The first-order valence-corrected chi connectivity index (χ1v) is 5.01. The van der Waals surface area contributed by atoms with Crippen molar-refractivity contribution in [1.82, 2.24) is 0 Å². The molecule has 5 heteroatoms. The molecule has 1 aromatic rings. The minimum atomic E-state index is -0.849. The van der Waals surface area contributed by atoms with Gasteiger partial charge >= 0.3 is 0 Å². The molecular formula is C11H13F2NO2. The summed E-state index contributed by atoms with van der Waals surface area (Å²) < 4.78 is 31.7. The normalized spacial score (nSPS) is 9.94. The largest absolute Gasteiger partial charge is 0.493 e. The first-order valence-electron chi connectivity index (χ1n) is 5.01. The number of anilines is 1. The molecule has 16 heavy (non-hydrogen) atoms. The monoisotopic (exact) mass is 229 g/mol. The molecule has 0 bridgehead atoms. The Labute approximate surface area is 92.4 Å². The second-order valence-electron chi connectivity index (χ2n) is 3.23. The van der Waals surface area contributed by atoms with Crippen molar-refractivity contribution in [1.29, 1.82) is 0 Å². The Kier molecular flexibility index (Phi) is 4.69. The molecule has 0 aliphatic carbocycles. The maximum atomic E-state index is 13.3. The van der Waals surface area contributed by atoms with Crippen LogP contribution in [0.2, 0.25) is 0 Å². The predicted octanol–water partition coefficient (Wildman–Crippen LogP) is 2.71. The summed E-state index contributed by atoms with van der Waals surface area (Å²) in [5, 5.41) is 1.95. The van der Waals surface area contributed by atoms with Crippen LogP contribution >= 0.6 is 0 Å². The van der Waals surface area contributed by atoms with Gasteiger partial charge in [0.05, 0.1) is 6.61 Å². The minimum Gasteiger partial charge on any atom is -0.493 e. The van der Waals surface area contributed by atoms with Crippen molar-refractivity contribution in [3.63, 3.8) is 0 Å². The highest BCUT2D eigenvalue weighted by atomic mass is 19.1. The second-order valence-corrected chi connectivity index (χ2v) is 3.23. The van der Waals surface area contributed by atoms with Crippen LogP contribution in [0.5, 0.6) is 5.75 Å². The fraction of sp³-hybridized carbons (Fsp3) is 0.364. The lowest BCUT2D eigenvalue weighted by molar-refractivity contribution is -0.105. The number of unbranched alkanes of at least 4 members (excludes halogenated alkanes) is 1. The third-order valence-corrected chi connectivity index (χ3v) is 1.99. The van der Waals surface area contributed by atoms with Gasteiger partial charge in [-0.25, -0.2) is 8.78 Å². The van der Waals surface area contributed by atoms with Crippen molar-refractivity contribution in [3.05, 3.63) is 23.8 Å². The van der Waals surface area contributed by atoms with Crippen molar-refractivity contribution in [2.75, 3.05) is 11.9 Å². The molecule has 1 N–H and O–H groups in total. The van der Waals surface area contributed by atoms with E-state index in [0.717, 1.165) is 25.0 Å². The van der Waals surface area contributed by atoms with Crippen molar-refractivity contribution in [3.8, 4) is 5.75 Å². The van der Waals surface area contributed by atoms with Crippen LogP contribution in [0.4, 0.5) is 14.5 Å². The Balaban J connectivity index is 2.78. The lowest BCUT2D eigenvalue weighted by atomic mass is 10.2. The van der Waals surface area contributed by atoms with E-state index < -0.39 is 17.3 Å². The summed E-state index contributed by atoms with van der Waals surface area (Å²) in [6, 6.07) is 2.09. The van der Waals surface area contributed by atoms with Gasteiger partial charge in [0.25, 0.3) is 0 Å². The number of hydrogen-bond donors (Lipinski definition) is 1. The number of carbonyl (C=O) groups is 1. The summed E-state index contributed by atoms with van der Waals surface area (Å²) >= 11 is 0. The number of nitrogens with one attached hydrogen (secondary N) is 1. The topological polar surface area (TPSA) is 38.3 Å². The molecule has 0 saturated heterocycles. The van der Waals surface area contributed by atoms with Gasteiger partial charge in [-0.1, -0.05) is 13.3 Å². The van der Waals surface area contributed by atoms with Crippen molar-refractivity contribution < 1.29 is 18.3 Å². The summed E-state index contributed by atoms with van der Waals surface area (Å²) in [6.07, 6.45) is 1.98. The average Bonchev–Trinajstić information content (AvgIpc) is 2.24. The Hall–Kier alpha value is -1.65. The summed E-state index contributed by atoms with van der Waals surface area (Å²) in [5.41, 5.74) is -0.460. The zero-order valence-corrected chi connectivity index (χ0v) is 8.93. The fourth-order valence-corrected chi connectivity index (χ4v) is 1.16. The Morgan fingerprint density at radius 1 is 1.38 bits per heavy atom. The van der Waals surface area contributed by atoms with Crippen molar-refractivity contribution in [2.24, 2.45) is 0 Å². The number of halogens is 2. The van der Waals surface area contributed by atoms with E-state index in [9.17, 15) is 13.6 Å². The van der Waals surface area contributed by atoms with E-state index in [0.29, 0.717) is 6.61 Å². The van der Waals surface area contributed by atoms with E-state index in [1.807, 2.05) is 12.2 Å². The van der Waals surface area contributed by atoms with Crippen molar-refractivity contribution in [2.45, 2.75) is 19.8 Å². The molecular weight excluding hydrogens is 216 g/mol. The maximum Gasteiger partial charge on any atom is 0.211 e. The van der Waals surface area contributed by atoms with Crippen LogP contribution in [0.3, 0.4) is 0 Å². The zero-order chi connectivity index (χ0) is 12.0. The molecule has 0 unspecified atom stereocenters. The van der Waals surface area contributed by atoms with Gasteiger partial charge in [-0.15, -0.1) is 0 Å². The summed E-state index contributed by atoms with van der Waals surface area (Å²) in [5.74, 6) is -1.57. The third kappa shape index (κ3) is 3.18. The Morgan fingerprint density at radius 3 is 2.50 bits per heavy atom. The van der Waals surface area contributed by atoms with Crippen LogP contribution in [-0.2, 0) is 4.79 Å². The molecule has 3 nitrogen and oxygen atoms in total. The van der Waals surface area contributed by atoms with Gasteiger partial charge in [-0.05, 0) is 6.42 Å². The first-order chi connectivity index (χ1) is 7.69. The average molecular weight is 229 g/mol. The molecule has 0 aliphatic rings. The standard InChI is InChI=1S/C11H13F2NO2/c1-2-3-4-16-8-5-9(12)11(14-7-15)10(13)6-8/h5-7H,2-4H2,1H3,(H,14,15). The molecule has 0 aliphatic heterocycles. The molecule has 1 rings (SSSR count). The van der Waals surface area contributed by atoms with Gasteiger partial charge in [0.2, 0.25) is 6.41 Å². The fourth-order valence-electron chi connectivity index (χ4n) is 1.16. The second kappa shape index (κ2) is 6.05. The van der Waals surface area contributed by atoms with E-state index in [-0.39, 0.29) is 12.2 Å². The van der Waals surface area contributed by atoms with Gasteiger partial charge in [0.1, 0.15) is 11.4 Å². The maximum absolute atomic E-state index is 13.3. The lowest BCUT2D eigenvalue weighted by Gasteiger charge is -2.08. The van der Waals surface area contributed by atoms with Gasteiger partial charge in [-0.3, -0.25) is 4.79 Å². The van der Waals surface area contributed by atoms with Crippen LogP contribution in [0, 0.1) is 11.6 Å². The van der Waals surface area contributed by atoms with Crippen LogP contribution in [0.15, 0.2) is 12.1 Å². The van der Waals surface area contributed by atoms with E-state index in [1.165, 1.54) is 0 Å². The SMILES string of the molecule is CCCCOc1cc(F)c(NC=O)c(F)c1. The quantitative estimate of drug-likeness (QED) is 0.601. The molecule has 88 valence electrons. The molecule has 0 fully saturated rings. The summed E-state index contributed by atoms with van der Waals surface area (Å²) in [6.45, 7) is 2.40. The van der Waals surface area contributed by atoms with E-state index in [4.69, 9.17) is 4.74 Å². The molecule has 0 atom stereocenters. The van der Waals surface area contributed by atoms with E-state index >= 15 is 0 Å². The highest BCUT2D eigenvalue weighted by Crippen LogP contribution is 2.24. The highest BCUT2D eigenvalue weighted by Gasteiger charge is 2.11. The predicted molar refractivity (Wildman–Crippen MR) is 56.4 cm³/mol. The summed E-state index contributed by atoms with van der Waals surface area (Å²) in [4.78, 5) is 10.1. The van der Waals surface area contributed by atoms with Gasteiger partial charge in [0, 0.05) is 12.1 Å². The van der Waals surface area contributed by atoms with Crippen LogP contribution in [-0.4, -0.2) is 13.0 Å². The van der Waals surface area contributed by atoms with Gasteiger partial charge in [-0.2, -0.15) is 0 Å². The van der Waals surface area contributed by atoms with Crippen molar-refractivity contribution >= 4 is 12.1 Å². The molecule has 0 radical (unpaired) electrons. The molecule has 0 aromatic heterocycles. The number of rotatable bonds is 6. The van der Waals surface area contributed by atoms with Crippen LogP contribution < -0.4 is 10.1 Å². The molecule has 0 spiro atoms. The zero-order valence-electron chi connectivity index (χ0n) is 8.93. The van der Waals surface area contributed by atoms with Gasteiger partial charge < -0.3 is 10.1 Å². The van der Waals surface area contributed by atoms with Crippen LogP contribution in [0.1, 0.15) is 19.8 Å². The lowest BCUT2D eigenvalue weighted by Crippen LogP contribution is -2.03. The number of ether oxygens (including phenoxy) is 1. The first kappa shape index (κ1) is 12.4. The molecule has 0 heterocycles. The summed E-state index contributed by atoms with van der Waals surface area (Å²) in [7, 11) is 0.